The molecule has 1 fully saturated rings. The Morgan fingerprint density at radius 3 is 2.43 bits per heavy atom. The topological polar surface area (TPSA) is 34.9 Å². The fourth-order valence-corrected chi connectivity index (χ4v) is 2.41. The lowest BCUT2D eigenvalue weighted by Gasteiger charge is -2.09. The molecule has 0 saturated heterocycles. The molecule has 1 unspecified atom stereocenters. The molecule has 3 nitrogen and oxygen atoms in total. The van der Waals surface area contributed by atoms with Crippen molar-refractivity contribution in [1.82, 2.24) is 9.78 Å². The Hall–Kier alpha value is -2.11. The summed E-state index contributed by atoms with van der Waals surface area (Å²) in [5, 5.41) is 4.25. The van der Waals surface area contributed by atoms with E-state index < -0.39 is 17.5 Å². The molecular formula is C15H13F3N2O. The molecule has 1 aromatic heterocycles. The van der Waals surface area contributed by atoms with Gasteiger partial charge in [0.25, 0.3) is 0 Å². The molecule has 3 rings (SSSR count). The van der Waals surface area contributed by atoms with E-state index in [1.54, 1.807) is 10.9 Å². The molecule has 0 spiro atoms. The molecule has 6 heteroatoms. The lowest BCUT2D eigenvalue weighted by atomic mass is 10.1. The summed E-state index contributed by atoms with van der Waals surface area (Å²) in [7, 11) is 0. The van der Waals surface area contributed by atoms with Gasteiger partial charge in [-0.2, -0.15) is 5.10 Å². The molecule has 2 aromatic rings. The first-order valence-electron chi connectivity index (χ1n) is 6.70. The van der Waals surface area contributed by atoms with Crippen LogP contribution in [0.15, 0.2) is 18.3 Å². The molecule has 21 heavy (non-hydrogen) atoms. The zero-order valence-corrected chi connectivity index (χ0v) is 11.3. The van der Waals surface area contributed by atoms with Crippen LogP contribution in [0.5, 0.6) is 0 Å². The summed E-state index contributed by atoms with van der Waals surface area (Å²) in [5.74, 6) is -3.62. The van der Waals surface area contributed by atoms with Crippen molar-refractivity contribution >= 4 is 6.29 Å². The highest BCUT2D eigenvalue weighted by Gasteiger charge is 2.30. The molecule has 1 atom stereocenters. The van der Waals surface area contributed by atoms with E-state index in [2.05, 4.69) is 5.10 Å². The molecule has 1 aliphatic rings. The minimum absolute atomic E-state index is 0.0512. The van der Waals surface area contributed by atoms with Gasteiger partial charge in [-0.15, -0.1) is 0 Å². The number of aldehydes is 1. The normalized spacial score (nSPS) is 16.0. The van der Waals surface area contributed by atoms with Crippen LogP contribution < -0.4 is 0 Å². The van der Waals surface area contributed by atoms with Gasteiger partial charge in [-0.1, -0.05) is 0 Å². The average Bonchev–Trinajstić information content (AvgIpc) is 3.22. The van der Waals surface area contributed by atoms with E-state index in [0.29, 0.717) is 12.2 Å². The van der Waals surface area contributed by atoms with Crippen molar-refractivity contribution in [3.05, 3.63) is 41.3 Å². The van der Waals surface area contributed by atoms with Gasteiger partial charge in [0.15, 0.2) is 23.7 Å². The van der Waals surface area contributed by atoms with Gasteiger partial charge >= 0.3 is 0 Å². The summed E-state index contributed by atoms with van der Waals surface area (Å²) >= 11 is 0. The molecule has 1 saturated carbocycles. The van der Waals surface area contributed by atoms with Crippen molar-refractivity contribution in [2.45, 2.75) is 25.8 Å². The molecule has 1 heterocycles. The molecule has 0 aliphatic heterocycles. The van der Waals surface area contributed by atoms with Crippen LogP contribution in [-0.4, -0.2) is 16.1 Å². The van der Waals surface area contributed by atoms with E-state index in [1.165, 1.54) is 0 Å². The van der Waals surface area contributed by atoms with Crippen molar-refractivity contribution in [2.24, 2.45) is 5.92 Å². The number of halogens is 3. The average molecular weight is 294 g/mol. The Balaban J connectivity index is 2.06. The first-order valence-corrected chi connectivity index (χ1v) is 6.70. The first-order chi connectivity index (χ1) is 10.0. The smallest absolute Gasteiger partial charge is 0.194 e. The van der Waals surface area contributed by atoms with Gasteiger partial charge in [-0.05, 0) is 37.8 Å². The Labute approximate surface area is 119 Å². The maximum atomic E-state index is 13.3. The second kappa shape index (κ2) is 5.02. The van der Waals surface area contributed by atoms with Crippen LogP contribution in [0.1, 0.15) is 36.2 Å². The third-order valence-corrected chi connectivity index (χ3v) is 3.87. The Morgan fingerprint density at radius 1 is 1.29 bits per heavy atom. The van der Waals surface area contributed by atoms with Crippen molar-refractivity contribution < 1.29 is 18.0 Å². The number of hydrogen-bond donors (Lipinski definition) is 0. The quantitative estimate of drug-likeness (QED) is 0.636. The lowest BCUT2D eigenvalue weighted by molar-refractivity contribution is 0.112. The van der Waals surface area contributed by atoms with Gasteiger partial charge < -0.3 is 0 Å². The molecule has 0 amide bonds. The summed E-state index contributed by atoms with van der Waals surface area (Å²) < 4.78 is 41.3. The van der Waals surface area contributed by atoms with E-state index >= 15 is 0 Å². The van der Waals surface area contributed by atoms with Crippen molar-refractivity contribution in [1.29, 1.82) is 0 Å². The maximum Gasteiger partial charge on any atom is 0.194 e. The zero-order chi connectivity index (χ0) is 15.1. The number of carbonyl (C=O) groups excluding carboxylic acids is 1. The lowest BCUT2D eigenvalue weighted by Crippen LogP contribution is -2.07. The van der Waals surface area contributed by atoms with Gasteiger partial charge in [0.1, 0.15) is 5.69 Å². The van der Waals surface area contributed by atoms with Crippen LogP contribution in [0.2, 0.25) is 0 Å². The van der Waals surface area contributed by atoms with Crippen molar-refractivity contribution in [3.8, 4) is 11.3 Å². The monoisotopic (exact) mass is 294 g/mol. The van der Waals surface area contributed by atoms with E-state index in [0.717, 1.165) is 25.0 Å². The molecule has 110 valence electrons. The number of benzene rings is 1. The number of rotatable bonds is 4. The number of hydrogen-bond acceptors (Lipinski definition) is 2. The SMILES string of the molecule is CC(C1CC1)n1cc(C=O)c(-c2cc(F)c(F)c(F)c2)n1. The van der Waals surface area contributed by atoms with E-state index in [1.807, 2.05) is 6.92 Å². The van der Waals surface area contributed by atoms with E-state index in [-0.39, 0.29) is 22.9 Å². The largest absolute Gasteiger partial charge is 0.298 e. The molecule has 0 N–H and O–H groups in total. The molecule has 1 aliphatic carbocycles. The third-order valence-electron chi connectivity index (χ3n) is 3.87. The first kappa shape index (κ1) is 13.9. The molecule has 0 bridgehead atoms. The highest BCUT2D eigenvalue weighted by Crippen LogP contribution is 2.39. The molecule has 0 radical (unpaired) electrons. The predicted molar refractivity (Wildman–Crippen MR) is 70.4 cm³/mol. The van der Waals surface area contributed by atoms with Gasteiger partial charge in [0.05, 0.1) is 11.6 Å². The minimum Gasteiger partial charge on any atom is -0.298 e. The van der Waals surface area contributed by atoms with Crippen LogP contribution in [-0.2, 0) is 0 Å². The van der Waals surface area contributed by atoms with Crippen LogP contribution in [0, 0.1) is 23.4 Å². The fourth-order valence-electron chi connectivity index (χ4n) is 2.41. The van der Waals surface area contributed by atoms with Gasteiger partial charge in [0.2, 0.25) is 0 Å². The number of nitrogens with zero attached hydrogens (tertiary/aromatic N) is 2. The van der Waals surface area contributed by atoms with Crippen molar-refractivity contribution in [3.63, 3.8) is 0 Å². The minimum atomic E-state index is -1.53. The van der Waals surface area contributed by atoms with Gasteiger partial charge in [-0.25, -0.2) is 13.2 Å². The fraction of sp³-hybridized carbons (Fsp3) is 0.333. The van der Waals surface area contributed by atoms with Gasteiger partial charge in [-0.3, -0.25) is 9.48 Å². The van der Waals surface area contributed by atoms with Crippen LogP contribution in [0.3, 0.4) is 0 Å². The van der Waals surface area contributed by atoms with Crippen LogP contribution in [0.25, 0.3) is 11.3 Å². The highest BCUT2D eigenvalue weighted by atomic mass is 19.2. The summed E-state index contributed by atoms with van der Waals surface area (Å²) in [5.41, 5.74) is 0.443. The molecule has 1 aromatic carbocycles. The van der Waals surface area contributed by atoms with Crippen LogP contribution in [0.4, 0.5) is 13.2 Å². The summed E-state index contributed by atoms with van der Waals surface area (Å²) in [6, 6.07) is 1.81. The number of carbonyl (C=O) groups is 1. The summed E-state index contributed by atoms with van der Waals surface area (Å²) in [6.07, 6.45) is 4.35. The Kier molecular flexibility index (Phi) is 3.31. The third kappa shape index (κ3) is 2.46. The Morgan fingerprint density at radius 2 is 1.90 bits per heavy atom. The second-order valence-electron chi connectivity index (χ2n) is 5.36. The second-order valence-corrected chi connectivity index (χ2v) is 5.36. The standard InChI is InChI=1S/C15H13F3N2O/c1-8(9-2-3-9)20-6-11(7-21)15(19-20)10-4-12(16)14(18)13(17)5-10/h4-9H,2-3H2,1H3. The zero-order valence-electron chi connectivity index (χ0n) is 11.3. The summed E-state index contributed by atoms with van der Waals surface area (Å²) in [4.78, 5) is 11.1. The highest BCUT2D eigenvalue weighted by molar-refractivity contribution is 5.85. The van der Waals surface area contributed by atoms with Crippen molar-refractivity contribution in [2.75, 3.05) is 0 Å². The van der Waals surface area contributed by atoms with Crippen LogP contribution >= 0.6 is 0 Å². The number of aromatic nitrogens is 2. The van der Waals surface area contributed by atoms with Gasteiger partial charge in [0, 0.05) is 11.8 Å². The predicted octanol–water partition coefficient (Wildman–Crippen LogP) is 3.75. The maximum absolute atomic E-state index is 13.3. The Bertz CT molecular complexity index is 684. The molecular weight excluding hydrogens is 281 g/mol. The summed E-state index contributed by atoms with van der Waals surface area (Å²) in [6.45, 7) is 1.98. The van der Waals surface area contributed by atoms with E-state index in [4.69, 9.17) is 0 Å². The van der Waals surface area contributed by atoms with E-state index in [9.17, 15) is 18.0 Å².